The minimum atomic E-state index is -0.365. The minimum absolute atomic E-state index is 0.328. The van der Waals surface area contributed by atoms with E-state index in [9.17, 15) is 9.65 Å². The van der Waals surface area contributed by atoms with Crippen molar-refractivity contribution in [1.82, 2.24) is 9.97 Å². The zero-order valence-electron chi connectivity index (χ0n) is 15.1. The maximum Gasteiger partial charge on any atom is 0.174 e. The summed E-state index contributed by atoms with van der Waals surface area (Å²) in [6.07, 6.45) is 3.37. The van der Waals surface area contributed by atoms with Gasteiger partial charge in [0.1, 0.15) is 24.3 Å². The van der Waals surface area contributed by atoms with Crippen molar-refractivity contribution in [2.45, 2.75) is 6.92 Å². The number of aromatic nitrogens is 2. The highest BCUT2D eigenvalue weighted by Crippen LogP contribution is 2.35. The van der Waals surface area contributed by atoms with Crippen molar-refractivity contribution in [2.24, 2.45) is 0 Å². The van der Waals surface area contributed by atoms with Gasteiger partial charge in [0, 0.05) is 0 Å². The van der Waals surface area contributed by atoms with E-state index in [0.29, 0.717) is 47.1 Å². The Bertz CT molecular complexity index is 1100. The molecule has 1 N–H and O–H groups in total. The van der Waals surface area contributed by atoms with Gasteiger partial charge in [-0.1, -0.05) is 12.7 Å². The number of rotatable bonds is 7. The average Bonchev–Trinajstić information content (AvgIpc) is 3.08. The molecule has 3 rings (SSSR count). The quantitative estimate of drug-likeness (QED) is 0.277. The summed E-state index contributed by atoms with van der Waals surface area (Å²) in [5.74, 6) is 1.24. The van der Waals surface area contributed by atoms with Crippen LogP contribution in [-0.4, -0.2) is 23.2 Å². The number of fused-ring (bicyclic) bond motifs is 1. The Hall–Kier alpha value is -2.86. The first-order valence-electron chi connectivity index (χ1n) is 8.53. The first-order chi connectivity index (χ1) is 13.5. The number of aromatic amines is 1. The van der Waals surface area contributed by atoms with Gasteiger partial charge in [-0.15, -0.1) is 0 Å². The Morgan fingerprint density at radius 2 is 2.18 bits per heavy atom. The van der Waals surface area contributed by atoms with Crippen molar-refractivity contribution >= 4 is 45.3 Å². The van der Waals surface area contributed by atoms with Gasteiger partial charge in [0.2, 0.25) is 0 Å². The topological polar surface area (TPSA) is 70.9 Å². The van der Waals surface area contributed by atoms with E-state index in [0.717, 1.165) is 9.13 Å². The van der Waals surface area contributed by atoms with E-state index in [1.165, 1.54) is 12.1 Å². The molecule has 0 saturated carbocycles. The number of benzene rings is 2. The number of hydrogen-bond acceptors (Lipinski definition) is 4. The molecule has 1 aromatic heterocycles. The lowest BCUT2D eigenvalue weighted by molar-refractivity contribution is 0.295. The summed E-state index contributed by atoms with van der Waals surface area (Å²) in [6, 6.07) is 10.1. The van der Waals surface area contributed by atoms with Crippen LogP contribution in [0.4, 0.5) is 4.39 Å². The lowest BCUT2D eigenvalue weighted by Crippen LogP contribution is -2.01. The lowest BCUT2D eigenvalue weighted by atomic mass is 10.1. The summed E-state index contributed by atoms with van der Waals surface area (Å²) in [5, 5.41) is 9.61. The maximum atomic E-state index is 13.4. The van der Waals surface area contributed by atoms with Gasteiger partial charge in [-0.05, 0) is 71.5 Å². The number of ether oxygens (including phenoxy) is 2. The molecule has 0 amide bonds. The standard InChI is InChI=1S/C21H17FIN3O2/c1-3-7-28-20-16(23)9-13(10-19(20)27-4-2)8-14(12-24)21-25-17-6-5-15(22)11-18(17)26-21/h3,5-6,8-11H,1,4,7H2,2H3,(H,25,26)/b14-8-. The molecule has 0 saturated heterocycles. The molecule has 0 aliphatic rings. The van der Waals surface area contributed by atoms with Crippen LogP contribution in [0.2, 0.25) is 0 Å². The van der Waals surface area contributed by atoms with Crippen LogP contribution in [-0.2, 0) is 0 Å². The van der Waals surface area contributed by atoms with Gasteiger partial charge in [-0.3, -0.25) is 0 Å². The zero-order chi connectivity index (χ0) is 20.1. The summed E-state index contributed by atoms with van der Waals surface area (Å²) in [6.45, 7) is 6.39. The number of allylic oxidation sites excluding steroid dienone is 1. The summed E-state index contributed by atoms with van der Waals surface area (Å²) >= 11 is 2.16. The van der Waals surface area contributed by atoms with E-state index >= 15 is 0 Å². The van der Waals surface area contributed by atoms with Gasteiger partial charge < -0.3 is 14.5 Å². The Morgan fingerprint density at radius 3 is 2.89 bits per heavy atom. The number of hydrogen-bond donors (Lipinski definition) is 1. The van der Waals surface area contributed by atoms with Crippen molar-refractivity contribution in [3.8, 4) is 17.6 Å². The van der Waals surface area contributed by atoms with E-state index < -0.39 is 0 Å². The maximum absolute atomic E-state index is 13.4. The third kappa shape index (κ3) is 4.34. The first-order valence-corrected chi connectivity index (χ1v) is 9.61. The van der Waals surface area contributed by atoms with E-state index in [4.69, 9.17) is 9.47 Å². The van der Waals surface area contributed by atoms with E-state index in [2.05, 4.69) is 45.2 Å². The Kier molecular flexibility index (Phi) is 6.31. The molecule has 2 aromatic carbocycles. The van der Waals surface area contributed by atoms with Crippen molar-refractivity contribution in [3.05, 3.63) is 63.8 Å². The number of nitrogens with zero attached hydrogens (tertiary/aromatic N) is 2. The molecule has 0 spiro atoms. The second-order valence-electron chi connectivity index (χ2n) is 5.78. The molecule has 142 valence electrons. The molecular formula is C21H17FIN3O2. The van der Waals surface area contributed by atoms with Crippen LogP contribution >= 0.6 is 22.6 Å². The highest BCUT2D eigenvalue weighted by atomic mass is 127. The highest BCUT2D eigenvalue weighted by molar-refractivity contribution is 14.1. The fourth-order valence-electron chi connectivity index (χ4n) is 2.65. The Labute approximate surface area is 175 Å². The molecule has 0 fully saturated rings. The molecule has 7 heteroatoms. The number of halogens is 2. The number of nitriles is 1. The number of nitrogens with one attached hydrogen (secondary N) is 1. The molecule has 0 aliphatic carbocycles. The summed E-state index contributed by atoms with van der Waals surface area (Å²) < 4.78 is 25.6. The normalized spacial score (nSPS) is 11.3. The van der Waals surface area contributed by atoms with Crippen LogP contribution < -0.4 is 9.47 Å². The molecule has 5 nitrogen and oxygen atoms in total. The van der Waals surface area contributed by atoms with Gasteiger partial charge in [0.15, 0.2) is 11.5 Å². The fourth-order valence-corrected chi connectivity index (χ4v) is 3.43. The molecule has 0 aliphatic heterocycles. The molecule has 3 aromatic rings. The summed E-state index contributed by atoms with van der Waals surface area (Å²) in [4.78, 5) is 7.37. The van der Waals surface area contributed by atoms with Crippen LogP contribution in [0.15, 0.2) is 43.0 Å². The Morgan fingerprint density at radius 1 is 1.36 bits per heavy atom. The van der Waals surface area contributed by atoms with Crippen molar-refractivity contribution in [1.29, 1.82) is 5.26 Å². The van der Waals surface area contributed by atoms with Crippen molar-refractivity contribution in [2.75, 3.05) is 13.2 Å². The summed E-state index contributed by atoms with van der Waals surface area (Å²) in [5.41, 5.74) is 2.22. The van der Waals surface area contributed by atoms with Crippen LogP contribution in [0, 0.1) is 20.7 Å². The molecule has 0 unspecified atom stereocenters. The van der Waals surface area contributed by atoms with Gasteiger partial charge in [-0.2, -0.15) is 5.26 Å². The molecule has 0 radical (unpaired) electrons. The molecule has 0 bridgehead atoms. The minimum Gasteiger partial charge on any atom is -0.490 e. The van der Waals surface area contributed by atoms with Gasteiger partial charge in [0.05, 0.1) is 26.8 Å². The average molecular weight is 489 g/mol. The smallest absolute Gasteiger partial charge is 0.174 e. The van der Waals surface area contributed by atoms with Crippen molar-refractivity contribution in [3.63, 3.8) is 0 Å². The molecule has 0 atom stereocenters. The molecule has 28 heavy (non-hydrogen) atoms. The predicted octanol–water partition coefficient (Wildman–Crippen LogP) is 5.33. The van der Waals surface area contributed by atoms with Crippen molar-refractivity contribution < 1.29 is 13.9 Å². The van der Waals surface area contributed by atoms with Crippen LogP contribution in [0.5, 0.6) is 11.5 Å². The molecular weight excluding hydrogens is 472 g/mol. The third-order valence-corrected chi connectivity index (χ3v) is 4.61. The van der Waals surface area contributed by atoms with Gasteiger partial charge >= 0.3 is 0 Å². The van der Waals surface area contributed by atoms with Crippen LogP contribution in [0.1, 0.15) is 18.3 Å². The second-order valence-corrected chi connectivity index (χ2v) is 6.94. The monoisotopic (exact) mass is 489 g/mol. The highest BCUT2D eigenvalue weighted by Gasteiger charge is 2.13. The lowest BCUT2D eigenvalue weighted by Gasteiger charge is -2.13. The number of H-pyrrole nitrogens is 1. The van der Waals surface area contributed by atoms with E-state index in [1.54, 1.807) is 18.2 Å². The van der Waals surface area contributed by atoms with Crippen LogP contribution in [0.3, 0.4) is 0 Å². The van der Waals surface area contributed by atoms with E-state index in [1.807, 2.05) is 19.1 Å². The van der Waals surface area contributed by atoms with Gasteiger partial charge in [-0.25, -0.2) is 9.37 Å². The SMILES string of the molecule is C=CCOc1c(I)cc(/C=C(/C#N)c2nc3ccc(F)cc3[nH]2)cc1OCC. The first kappa shape index (κ1) is 19.9. The molecule has 1 heterocycles. The zero-order valence-corrected chi connectivity index (χ0v) is 17.3. The fraction of sp³-hybridized carbons (Fsp3) is 0.143. The largest absolute Gasteiger partial charge is 0.490 e. The predicted molar refractivity (Wildman–Crippen MR) is 116 cm³/mol. The Balaban J connectivity index is 2.03. The van der Waals surface area contributed by atoms with E-state index in [-0.39, 0.29) is 5.82 Å². The van der Waals surface area contributed by atoms with Crippen LogP contribution in [0.25, 0.3) is 22.7 Å². The third-order valence-electron chi connectivity index (χ3n) is 3.81. The number of imidazole rings is 1. The van der Waals surface area contributed by atoms with Gasteiger partial charge in [0.25, 0.3) is 0 Å². The summed E-state index contributed by atoms with van der Waals surface area (Å²) in [7, 11) is 0. The second kappa shape index (κ2) is 8.89.